The molecule has 2 aromatic rings. The largest absolute Gasteiger partial charge is 0.372 e. The van der Waals surface area contributed by atoms with Crippen LogP contribution in [0, 0.1) is 0 Å². The zero-order chi connectivity index (χ0) is 16.0. The fourth-order valence-electron chi connectivity index (χ4n) is 3.42. The van der Waals surface area contributed by atoms with Crippen molar-refractivity contribution in [3.8, 4) is 0 Å². The highest BCUT2D eigenvalue weighted by Gasteiger charge is 2.34. The number of fused-ring (bicyclic) bond motifs is 2. The summed E-state index contributed by atoms with van der Waals surface area (Å²) in [5.74, 6) is -0.212. The van der Waals surface area contributed by atoms with Gasteiger partial charge in [0.05, 0.1) is 9.79 Å². The molecule has 2 aliphatic rings. The van der Waals surface area contributed by atoms with Crippen molar-refractivity contribution >= 4 is 21.3 Å². The molecule has 0 saturated carbocycles. The molecule has 0 N–H and O–H groups in total. The Hall–Kier alpha value is -2.14. The van der Waals surface area contributed by atoms with Gasteiger partial charge >= 0.3 is 0 Å². The van der Waals surface area contributed by atoms with Crippen LogP contribution < -0.4 is 4.90 Å². The predicted molar refractivity (Wildman–Crippen MR) is 87.8 cm³/mol. The molecule has 5 heteroatoms. The number of ketones is 1. The van der Waals surface area contributed by atoms with E-state index in [-0.39, 0.29) is 26.7 Å². The molecule has 1 fully saturated rings. The Labute approximate surface area is 135 Å². The van der Waals surface area contributed by atoms with Crippen LogP contribution in [0.25, 0.3) is 0 Å². The first-order chi connectivity index (χ1) is 11.1. The highest BCUT2D eigenvalue weighted by Crippen LogP contribution is 2.36. The fourth-order valence-corrected chi connectivity index (χ4v) is 5.09. The quantitative estimate of drug-likeness (QED) is 0.689. The Balaban J connectivity index is 1.88. The molecular formula is C18H17NO3S. The number of anilines is 1. The highest BCUT2D eigenvalue weighted by atomic mass is 32.2. The molecule has 2 aliphatic heterocycles. The van der Waals surface area contributed by atoms with E-state index in [4.69, 9.17) is 0 Å². The Morgan fingerprint density at radius 3 is 2.30 bits per heavy atom. The maximum atomic E-state index is 12.9. The highest BCUT2D eigenvalue weighted by molar-refractivity contribution is 7.91. The zero-order valence-electron chi connectivity index (χ0n) is 12.7. The second kappa shape index (κ2) is 5.20. The van der Waals surface area contributed by atoms with Crippen molar-refractivity contribution in [1.29, 1.82) is 0 Å². The average Bonchev–Trinajstić information content (AvgIpc) is 2.60. The number of benzene rings is 2. The number of hydrogen-bond acceptors (Lipinski definition) is 4. The van der Waals surface area contributed by atoms with Gasteiger partial charge in [0.1, 0.15) is 0 Å². The van der Waals surface area contributed by atoms with Crippen molar-refractivity contribution in [1.82, 2.24) is 0 Å². The van der Waals surface area contributed by atoms with Crippen LogP contribution >= 0.6 is 0 Å². The molecule has 2 aromatic carbocycles. The van der Waals surface area contributed by atoms with E-state index in [9.17, 15) is 13.2 Å². The van der Waals surface area contributed by atoms with Gasteiger partial charge in [0.25, 0.3) is 0 Å². The maximum absolute atomic E-state index is 12.9. The van der Waals surface area contributed by atoms with Crippen LogP contribution in [0.5, 0.6) is 0 Å². The number of piperidine rings is 1. The van der Waals surface area contributed by atoms with E-state index >= 15 is 0 Å². The number of nitrogens with zero attached hydrogens (tertiary/aromatic N) is 1. The minimum Gasteiger partial charge on any atom is -0.372 e. The summed E-state index contributed by atoms with van der Waals surface area (Å²) in [7, 11) is -3.64. The van der Waals surface area contributed by atoms with Crippen LogP contribution in [-0.2, 0) is 9.84 Å². The third kappa shape index (κ3) is 2.18. The summed E-state index contributed by atoms with van der Waals surface area (Å²) < 4.78 is 25.8. The molecule has 0 spiro atoms. The first-order valence-electron chi connectivity index (χ1n) is 7.87. The topological polar surface area (TPSA) is 54.5 Å². The third-order valence-corrected chi connectivity index (χ3v) is 6.49. The lowest BCUT2D eigenvalue weighted by Crippen LogP contribution is -2.30. The number of carbonyl (C=O) groups is 1. The predicted octanol–water partition coefficient (Wildman–Crippen LogP) is 3.05. The third-order valence-electron chi connectivity index (χ3n) is 4.64. The van der Waals surface area contributed by atoms with E-state index in [0.717, 1.165) is 31.6 Å². The minimum atomic E-state index is -3.64. The van der Waals surface area contributed by atoms with Gasteiger partial charge in [0, 0.05) is 29.9 Å². The van der Waals surface area contributed by atoms with Gasteiger partial charge in [-0.1, -0.05) is 12.1 Å². The number of rotatable bonds is 1. The van der Waals surface area contributed by atoms with Crippen LogP contribution in [0.1, 0.15) is 35.2 Å². The first kappa shape index (κ1) is 14.5. The molecule has 0 radical (unpaired) electrons. The molecule has 0 bridgehead atoms. The van der Waals surface area contributed by atoms with E-state index in [0.29, 0.717) is 0 Å². The lowest BCUT2D eigenvalue weighted by atomic mass is 10.0. The van der Waals surface area contributed by atoms with E-state index in [1.165, 1.54) is 12.5 Å². The number of sulfone groups is 1. The van der Waals surface area contributed by atoms with Crippen LogP contribution in [0.15, 0.2) is 52.3 Å². The Bertz CT molecular complexity index is 896. The van der Waals surface area contributed by atoms with Crippen molar-refractivity contribution in [3.05, 3.63) is 53.6 Å². The van der Waals surface area contributed by atoms with E-state index in [1.807, 2.05) is 6.07 Å². The van der Waals surface area contributed by atoms with E-state index in [2.05, 4.69) is 4.90 Å². The normalized spacial score (nSPS) is 19.1. The molecule has 0 amide bonds. The summed E-state index contributed by atoms with van der Waals surface area (Å²) in [5, 5.41) is 0. The summed E-state index contributed by atoms with van der Waals surface area (Å²) in [6.45, 7) is 1.87. The molecule has 0 aromatic heterocycles. The summed E-state index contributed by atoms with van der Waals surface area (Å²) in [6.07, 6.45) is 3.45. The van der Waals surface area contributed by atoms with Gasteiger partial charge in [-0.05, 0) is 49.6 Å². The molecule has 0 atom stereocenters. The van der Waals surface area contributed by atoms with Crippen molar-refractivity contribution < 1.29 is 13.2 Å². The zero-order valence-corrected chi connectivity index (χ0v) is 13.5. The number of hydrogen-bond donors (Lipinski definition) is 0. The van der Waals surface area contributed by atoms with Crippen LogP contribution in [0.3, 0.4) is 0 Å². The van der Waals surface area contributed by atoms with Gasteiger partial charge in [0.15, 0.2) is 5.78 Å². The molecule has 1 saturated heterocycles. The minimum absolute atomic E-state index is 0.119. The second-order valence-corrected chi connectivity index (χ2v) is 7.94. The van der Waals surface area contributed by atoms with Gasteiger partial charge < -0.3 is 4.90 Å². The van der Waals surface area contributed by atoms with Gasteiger partial charge in [-0.15, -0.1) is 0 Å². The van der Waals surface area contributed by atoms with Crippen molar-refractivity contribution in [2.24, 2.45) is 0 Å². The lowest BCUT2D eigenvalue weighted by Gasteiger charge is -2.30. The molecular weight excluding hydrogens is 310 g/mol. The molecule has 2 heterocycles. The fraction of sp³-hybridized carbons (Fsp3) is 0.278. The smallest absolute Gasteiger partial charge is 0.208 e. The SMILES string of the molecule is O=C1c2ccccc2S(=O)(=O)c2cc(N3CCCCC3)ccc21. The van der Waals surface area contributed by atoms with Crippen molar-refractivity contribution in [2.75, 3.05) is 18.0 Å². The summed E-state index contributed by atoms with van der Waals surface area (Å²) in [6, 6.07) is 11.6. The molecule has 118 valence electrons. The van der Waals surface area contributed by atoms with Gasteiger partial charge in [-0.3, -0.25) is 4.79 Å². The Morgan fingerprint density at radius 1 is 0.826 bits per heavy atom. The van der Waals surface area contributed by atoms with Gasteiger partial charge in [-0.2, -0.15) is 0 Å². The lowest BCUT2D eigenvalue weighted by molar-refractivity contribution is 0.103. The standard InChI is InChI=1S/C18H17NO3S/c20-18-14-6-2-3-7-16(14)23(21,22)17-12-13(8-9-15(17)18)19-10-4-1-5-11-19/h2-3,6-9,12H,1,4-5,10-11H2. The molecule has 0 aliphatic carbocycles. The van der Waals surface area contributed by atoms with Crippen molar-refractivity contribution in [3.63, 3.8) is 0 Å². The summed E-state index contributed by atoms with van der Waals surface area (Å²) >= 11 is 0. The summed E-state index contributed by atoms with van der Waals surface area (Å²) in [4.78, 5) is 15.1. The van der Waals surface area contributed by atoms with E-state index in [1.54, 1.807) is 30.3 Å². The average molecular weight is 327 g/mol. The van der Waals surface area contributed by atoms with E-state index < -0.39 is 9.84 Å². The maximum Gasteiger partial charge on any atom is 0.208 e. The molecule has 4 nitrogen and oxygen atoms in total. The second-order valence-electron chi connectivity index (χ2n) is 6.06. The molecule has 0 unspecified atom stereocenters. The first-order valence-corrected chi connectivity index (χ1v) is 9.35. The van der Waals surface area contributed by atoms with Gasteiger partial charge in [-0.25, -0.2) is 8.42 Å². The van der Waals surface area contributed by atoms with Gasteiger partial charge in [0.2, 0.25) is 9.84 Å². The Kier molecular flexibility index (Phi) is 3.27. The molecule has 23 heavy (non-hydrogen) atoms. The van der Waals surface area contributed by atoms with Crippen LogP contribution in [-0.4, -0.2) is 27.3 Å². The van der Waals surface area contributed by atoms with Crippen molar-refractivity contribution in [2.45, 2.75) is 29.1 Å². The Morgan fingerprint density at radius 2 is 1.52 bits per heavy atom. The van der Waals surface area contributed by atoms with Crippen LogP contribution in [0.4, 0.5) is 5.69 Å². The molecule has 4 rings (SSSR count). The monoisotopic (exact) mass is 327 g/mol. The number of carbonyl (C=O) groups excluding carboxylic acids is 1. The summed E-state index contributed by atoms with van der Waals surface area (Å²) in [5.41, 5.74) is 1.44. The van der Waals surface area contributed by atoms with Crippen LogP contribution in [0.2, 0.25) is 0 Å².